The van der Waals surface area contributed by atoms with E-state index in [1.165, 1.54) is 4.90 Å². The van der Waals surface area contributed by atoms with Gasteiger partial charge in [0.1, 0.15) is 24.2 Å². The number of likely N-dealkylation sites (tertiary alicyclic amines) is 1. The maximum Gasteiger partial charge on any atom is 0.313 e. The minimum atomic E-state index is -1.34. The zero-order valence-corrected chi connectivity index (χ0v) is 19.0. The van der Waals surface area contributed by atoms with Crippen molar-refractivity contribution >= 4 is 23.5 Å². The molecule has 1 aromatic carbocycles. The van der Waals surface area contributed by atoms with E-state index in [4.69, 9.17) is 9.47 Å². The van der Waals surface area contributed by atoms with Gasteiger partial charge in [-0.25, -0.2) is 0 Å². The van der Waals surface area contributed by atoms with E-state index in [-0.39, 0.29) is 31.6 Å². The number of β-amino-alcohol motifs (C(OH)–C–C–N with tert-alkyl or cyclic N) is 1. The molecule has 4 aliphatic heterocycles. The lowest BCUT2D eigenvalue weighted by Crippen LogP contribution is -2.56. The number of cyclic esters (lactones) is 1. The molecular weight excluding hydrogens is 424 g/mol. The topological polar surface area (TPSA) is 96.4 Å². The zero-order valence-electron chi connectivity index (χ0n) is 19.0. The fourth-order valence-electron chi connectivity index (χ4n) is 6.14. The number of nitrogens with zero attached hydrogens (tertiary/aromatic N) is 2. The summed E-state index contributed by atoms with van der Waals surface area (Å²) in [5.41, 5.74) is 0.253. The number of benzene rings is 1. The highest BCUT2D eigenvalue weighted by Crippen LogP contribution is 2.57. The summed E-state index contributed by atoms with van der Waals surface area (Å²) in [5.74, 6) is -3.00. The first-order valence-corrected chi connectivity index (χ1v) is 11.3. The number of aliphatic hydroxyl groups excluding tert-OH is 1. The van der Waals surface area contributed by atoms with Crippen LogP contribution in [0.5, 0.6) is 0 Å². The summed E-state index contributed by atoms with van der Waals surface area (Å²) in [4.78, 5) is 43.9. The molecular formula is C25H28N2O6. The Bertz CT molecular complexity index is 1080. The molecule has 2 fully saturated rings. The van der Waals surface area contributed by atoms with Crippen molar-refractivity contribution in [2.75, 3.05) is 31.2 Å². The molecule has 1 spiro atoms. The van der Waals surface area contributed by atoms with Gasteiger partial charge in [-0.1, -0.05) is 36.4 Å². The van der Waals surface area contributed by atoms with Crippen LogP contribution < -0.4 is 4.90 Å². The van der Waals surface area contributed by atoms with Gasteiger partial charge in [-0.2, -0.15) is 0 Å². The Labute approximate surface area is 192 Å². The lowest BCUT2D eigenvalue weighted by atomic mass is 9.75. The number of amides is 2. The van der Waals surface area contributed by atoms with E-state index in [2.05, 4.69) is 0 Å². The van der Waals surface area contributed by atoms with E-state index in [1.807, 2.05) is 38.1 Å². The Balaban J connectivity index is 1.68. The molecule has 0 aliphatic carbocycles. The predicted octanol–water partition coefficient (Wildman–Crippen LogP) is 1.28. The van der Waals surface area contributed by atoms with Gasteiger partial charge in [0.25, 0.3) is 5.91 Å². The average molecular weight is 453 g/mol. The van der Waals surface area contributed by atoms with Crippen molar-refractivity contribution < 1.29 is 29.0 Å². The lowest BCUT2D eigenvalue weighted by molar-refractivity contribution is -0.156. The zero-order chi connectivity index (χ0) is 23.5. The minimum absolute atomic E-state index is 0.0282. The molecule has 2 saturated heterocycles. The molecule has 33 heavy (non-hydrogen) atoms. The number of hydrogen-bond donors (Lipinski definition) is 1. The Hall–Kier alpha value is -2.97. The Morgan fingerprint density at radius 3 is 2.48 bits per heavy atom. The number of carbonyl (C=O) groups excluding carboxylic acids is 3. The van der Waals surface area contributed by atoms with Crippen molar-refractivity contribution in [3.63, 3.8) is 0 Å². The summed E-state index contributed by atoms with van der Waals surface area (Å²) >= 11 is 0. The van der Waals surface area contributed by atoms with E-state index in [0.29, 0.717) is 6.54 Å². The quantitative estimate of drug-likeness (QED) is 0.548. The maximum absolute atomic E-state index is 14.2. The average Bonchev–Trinajstić information content (AvgIpc) is 3.01. The first kappa shape index (κ1) is 21.9. The molecule has 0 aromatic heterocycles. The van der Waals surface area contributed by atoms with Gasteiger partial charge < -0.3 is 24.4 Å². The maximum atomic E-state index is 14.2. The van der Waals surface area contributed by atoms with Crippen LogP contribution in [-0.2, 0) is 23.9 Å². The number of anilines is 1. The van der Waals surface area contributed by atoms with Crippen molar-refractivity contribution in [1.29, 1.82) is 0 Å². The summed E-state index contributed by atoms with van der Waals surface area (Å²) in [6.45, 7) is 5.74. The number of carbonyl (C=O) groups is 3. The highest BCUT2D eigenvalue weighted by Gasteiger charge is 2.74. The number of aliphatic hydroxyl groups is 1. The third-order valence-electron chi connectivity index (χ3n) is 7.36. The highest BCUT2D eigenvalue weighted by molar-refractivity contribution is 6.06. The van der Waals surface area contributed by atoms with Crippen LogP contribution in [0.1, 0.15) is 18.1 Å². The molecule has 1 aromatic rings. The summed E-state index contributed by atoms with van der Waals surface area (Å²) < 4.78 is 11.9. The largest absolute Gasteiger partial charge is 0.461 e. The summed E-state index contributed by atoms with van der Waals surface area (Å²) in [6, 6.07) is 4.82. The molecule has 1 N–H and O–H groups in total. The van der Waals surface area contributed by atoms with Crippen molar-refractivity contribution in [2.24, 2.45) is 11.8 Å². The van der Waals surface area contributed by atoms with E-state index < -0.39 is 35.0 Å². The molecule has 8 nitrogen and oxygen atoms in total. The van der Waals surface area contributed by atoms with Crippen LogP contribution in [0.4, 0.5) is 5.69 Å². The second-order valence-corrected chi connectivity index (χ2v) is 9.38. The monoisotopic (exact) mass is 452 g/mol. The van der Waals surface area contributed by atoms with Crippen molar-refractivity contribution in [1.82, 2.24) is 4.90 Å². The number of rotatable bonds is 3. The fourth-order valence-corrected chi connectivity index (χ4v) is 6.14. The Kier molecular flexibility index (Phi) is 4.99. The summed E-state index contributed by atoms with van der Waals surface area (Å²) in [6.07, 6.45) is 7.11. The lowest BCUT2D eigenvalue weighted by Gasteiger charge is -2.37. The van der Waals surface area contributed by atoms with Crippen LogP contribution in [-0.4, -0.2) is 71.3 Å². The molecule has 0 saturated carbocycles. The standard InChI is InChI=1S/C25H28N2O6/c1-15-7-4-8-16(2)19(15)26-11-5-10-25-17(21(29)27(12-13-28)20(25)22(26)30)18-23(31)32-14-6-9-24(18,3)33-25/h4-10,17-18,20,28H,11-14H2,1-3H3/t17-,18+,20?,24-,25-/m0/s1. The van der Waals surface area contributed by atoms with E-state index in [9.17, 15) is 19.5 Å². The number of para-hydroxylation sites is 1. The Morgan fingerprint density at radius 2 is 1.79 bits per heavy atom. The Morgan fingerprint density at radius 1 is 1.06 bits per heavy atom. The van der Waals surface area contributed by atoms with Gasteiger partial charge in [-0.05, 0) is 38.0 Å². The number of ether oxygens (including phenoxy) is 2. The molecule has 2 amide bonds. The molecule has 1 unspecified atom stereocenters. The second-order valence-electron chi connectivity index (χ2n) is 9.38. The van der Waals surface area contributed by atoms with Crippen LogP contribution in [0.2, 0.25) is 0 Å². The number of hydrogen-bond acceptors (Lipinski definition) is 6. The molecule has 5 atom stereocenters. The predicted molar refractivity (Wildman–Crippen MR) is 119 cm³/mol. The van der Waals surface area contributed by atoms with Crippen LogP contribution >= 0.6 is 0 Å². The smallest absolute Gasteiger partial charge is 0.313 e. The normalized spacial score (nSPS) is 35.2. The highest BCUT2D eigenvalue weighted by atomic mass is 16.6. The number of fused-ring (bicyclic) bond motifs is 2. The van der Waals surface area contributed by atoms with Crippen molar-refractivity contribution in [2.45, 2.75) is 38.0 Å². The third kappa shape index (κ3) is 2.93. The SMILES string of the molecule is Cc1cccc(C)c1N1CC=C[C@]23O[C@@]4(C)C=CCOC(=O)[C@H]4[C@H]2C(=O)N(CCO)C3C1=O. The van der Waals surface area contributed by atoms with Crippen LogP contribution in [0.15, 0.2) is 42.5 Å². The van der Waals surface area contributed by atoms with Gasteiger partial charge >= 0.3 is 5.97 Å². The first-order valence-electron chi connectivity index (χ1n) is 11.3. The van der Waals surface area contributed by atoms with E-state index >= 15 is 0 Å². The molecule has 0 bridgehead atoms. The number of esters is 1. The second kappa shape index (κ2) is 7.53. The molecule has 4 heterocycles. The van der Waals surface area contributed by atoms with Gasteiger partial charge in [-0.3, -0.25) is 14.4 Å². The molecule has 174 valence electrons. The van der Waals surface area contributed by atoms with E-state index in [1.54, 1.807) is 30.1 Å². The summed E-state index contributed by atoms with van der Waals surface area (Å²) in [5, 5.41) is 9.72. The molecule has 5 rings (SSSR count). The van der Waals surface area contributed by atoms with Gasteiger partial charge in [0, 0.05) is 18.8 Å². The summed E-state index contributed by atoms with van der Waals surface area (Å²) in [7, 11) is 0. The van der Waals surface area contributed by atoms with E-state index in [0.717, 1.165) is 16.8 Å². The van der Waals surface area contributed by atoms with Crippen LogP contribution in [0.25, 0.3) is 0 Å². The minimum Gasteiger partial charge on any atom is -0.461 e. The van der Waals surface area contributed by atoms with Gasteiger partial charge in [-0.15, -0.1) is 0 Å². The number of aryl methyl sites for hydroxylation is 2. The fraction of sp³-hybridized carbons (Fsp3) is 0.480. The van der Waals surface area contributed by atoms with Gasteiger partial charge in [0.2, 0.25) is 5.91 Å². The third-order valence-corrected chi connectivity index (χ3v) is 7.36. The van der Waals surface area contributed by atoms with Crippen molar-refractivity contribution in [3.8, 4) is 0 Å². The molecule has 8 heteroatoms. The first-order chi connectivity index (χ1) is 15.7. The van der Waals surface area contributed by atoms with Gasteiger partial charge in [0.15, 0.2) is 0 Å². The van der Waals surface area contributed by atoms with Crippen LogP contribution in [0, 0.1) is 25.7 Å². The molecule has 4 aliphatic rings. The van der Waals surface area contributed by atoms with Gasteiger partial charge in [0.05, 0.1) is 18.1 Å². The van der Waals surface area contributed by atoms with Crippen molar-refractivity contribution in [3.05, 3.63) is 53.6 Å². The molecule has 0 radical (unpaired) electrons. The van der Waals surface area contributed by atoms with Crippen LogP contribution in [0.3, 0.4) is 0 Å².